The van der Waals surface area contributed by atoms with Crippen molar-refractivity contribution in [1.82, 2.24) is 4.90 Å². The van der Waals surface area contributed by atoms with E-state index in [4.69, 9.17) is 9.84 Å². The molecule has 4 nitrogen and oxygen atoms in total. The van der Waals surface area contributed by atoms with E-state index in [1.165, 1.54) is 0 Å². The highest BCUT2D eigenvalue weighted by Crippen LogP contribution is 2.28. The molecule has 1 aliphatic carbocycles. The topological polar surface area (TPSA) is 49.8 Å². The van der Waals surface area contributed by atoms with Gasteiger partial charge in [0.25, 0.3) is 0 Å². The number of rotatable bonds is 6. The first-order valence-corrected chi connectivity index (χ1v) is 5.45. The number of ether oxygens (including phenoxy) is 1. The fourth-order valence-electron chi connectivity index (χ4n) is 1.54. The molecule has 1 fully saturated rings. The van der Waals surface area contributed by atoms with Gasteiger partial charge >= 0.3 is 0 Å². The van der Waals surface area contributed by atoms with E-state index < -0.39 is 5.60 Å². The Labute approximate surface area is 91.2 Å². The molecule has 1 rings (SSSR count). The Bertz CT molecular complexity index is 224. The molecule has 0 spiro atoms. The smallest absolute Gasteiger partial charge is 0.225 e. The average molecular weight is 215 g/mol. The third-order valence-corrected chi connectivity index (χ3v) is 2.78. The fourth-order valence-corrected chi connectivity index (χ4v) is 1.54. The van der Waals surface area contributed by atoms with Gasteiger partial charge in [-0.15, -0.1) is 0 Å². The maximum atomic E-state index is 11.9. The molecule has 0 aromatic carbocycles. The molecule has 1 aliphatic rings. The number of nitrogens with zero attached hydrogens (tertiary/aromatic N) is 1. The summed E-state index contributed by atoms with van der Waals surface area (Å²) < 4.78 is 5.23. The first kappa shape index (κ1) is 12.5. The maximum Gasteiger partial charge on any atom is 0.225 e. The van der Waals surface area contributed by atoms with Gasteiger partial charge in [-0.25, -0.2) is 0 Å². The summed E-state index contributed by atoms with van der Waals surface area (Å²) in [6.07, 6.45) is 2.51. The van der Waals surface area contributed by atoms with E-state index >= 15 is 0 Å². The van der Waals surface area contributed by atoms with Crippen LogP contribution in [0, 0.1) is 0 Å². The molecule has 15 heavy (non-hydrogen) atoms. The highest BCUT2D eigenvalue weighted by atomic mass is 16.5. The van der Waals surface area contributed by atoms with Crippen molar-refractivity contribution >= 4 is 5.91 Å². The van der Waals surface area contributed by atoms with Crippen LogP contribution in [0.1, 0.15) is 33.1 Å². The molecule has 0 radical (unpaired) electrons. The molecule has 0 heterocycles. The third kappa shape index (κ3) is 3.80. The van der Waals surface area contributed by atoms with Crippen LogP contribution in [0.3, 0.4) is 0 Å². The minimum absolute atomic E-state index is 0.0374. The van der Waals surface area contributed by atoms with Gasteiger partial charge in [-0.3, -0.25) is 4.79 Å². The van der Waals surface area contributed by atoms with Crippen LogP contribution >= 0.6 is 0 Å². The lowest BCUT2D eigenvalue weighted by molar-refractivity contribution is -0.137. The van der Waals surface area contributed by atoms with E-state index in [1.807, 2.05) is 13.8 Å². The van der Waals surface area contributed by atoms with E-state index in [0.717, 1.165) is 12.8 Å². The van der Waals surface area contributed by atoms with Crippen molar-refractivity contribution < 1.29 is 14.6 Å². The van der Waals surface area contributed by atoms with Crippen LogP contribution in [-0.2, 0) is 9.53 Å². The molecule has 0 unspecified atom stereocenters. The molecule has 0 aromatic heterocycles. The van der Waals surface area contributed by atoms with Crippen molar-refractivity contribution in [1.29, 1.82) is 0 Å². The second-order valence-corrected chi connectivity index (χ2v) is 4.68. The van der Waals surface area contributed by atoms with Crippen LogP contribution in [0.2, 0.25) is 0 Å². The molecule has 0 aromatic rings. The van der Waals surface area contributed by atoms with Crippen LogP contribution < -0.4 is 0 Å². The van der Waals surface area contributed by atoms with E-state index in [-0.39, 0.29) is 12.5 Å². The number of hydrogen-bond acceptors (Lipinski definition) is 3. The van der Waals surface area contributed by atoms with Crippen molar-refractivity contribution in [3.63, 3.8) is 0 Å². The molecule has 0 aliphatic heterocycles. The standard InChI is InChI=1S/C11H21NO3/c1-11(2,15-3)8-10(14)12(6-7-13)9-4-5-9/h9,13H,4-8H2,1-3H3. The first-order chi connectivity index (χ1) is 7.00. The van der Waals surface area contributed by atoms with Gasteiger partial charge in [-0.05, 0) is 26.7 Å². The molecule has 88 valence electrons. The molecular formula is C11H21NO3. The summed E-state index contributed by atoms with van der Waals surface area (Å²) >= 11 is 0. The minimum Gasteiger partial charge on any atom is -0.395 e. The quantitative estimate of drug-likeness (QED) is 0.712. The third-order valence-electron chi connectivity index (χ3n) is 2.78. The lowest BCUT2D eigenvalue weighted by atomic mass is 10.0. The zero-order valence-electron chi connectivity index (χ0n) is 9.82. The zero-order chi connectivity index (χ0) is 11.5. The van der Waals surface area contributed by atoms with Crippen molar-refractivity contribution in [2.45, 2.75) is 44.8 Å². The van der Waals surface area contributed by atoms with Gasteiger partial charge in [0.2, 0.25) is 5.91 Å². The van der Waals surface area contributed by atoms with Crippen molar-refractivity contribution in [3.05, 3.63) is 0 Å². The Morgan fingerprint density at radius 2 is 2.13 bits per heavy atom. The molecule has 1 amide bonds. The minimum atomic E-state index is -0.417. The van der Waals surface area contributed by atoms with Gasteiger partial charge in [0.15, 0.2) is 0 Å². The second-order valence-electron chi connectivity index (χ2n) is 4.68. The zero-order valence-corrected chi connectivity index (χ0v) is 9.82. The number of aliphatic hydroxyl groups excluding tert-OH is 1. The van der Waals surface area contributed by atoms with E-state index in [1.54, 1.807) is 12.0 Å². The summed E-state index contributed by atoms with van der Waals surface area (Å²) in [5.41, 5.74) is -0.417. The Morgan fingerprint density at radius 3 is 2.53 bits per heavy atom. The van der Waals surface area contributed by atoms with Gasteiger partial charge in [0, 0.05) is 19.7 Å². The van der Waals surface area contributed by atoms with Crippen molar-refractivity contribution in [3.8, 4) is 0 Å². The van der Waals surface area contributed by atoms with E-state index in [0.29, 0.717) is 19.0 Å². The Hall–Kier alpha value is -0.610. The summed E-state index contributed by atoms with van der Waals surface area (Å²) in [5.74, 6) is 0.0819. The lowest BCUT2D eigenvalue weighted by Crippen LogP contribution is -2.40. The molecule has 4 heteroatoms. The van der Waals surface area contributed by atoms with E-state index in [9.17, 15) is 4.79 Å². The van der Waals surface area contributed by atoms with Crippen LogP contribution in [0.5, 0.6) is 0 Å². The number of amides is 1. The number of carbonyl (C=O) groups is 1. The summed E-state index contributed by atoms with van der Waals surface area (Å²) in [7, 11) is 1.61. The summed E-state index contributed by atoms with van der Waals surface area (Å²) in [4.78, 5) is 13.7. The first-order valence-electron chi connectivity index (χ1n) is 5.45. The van der Waals surface area contributed by atoms with Gasteiger partial charge in [0.1, 0.15) is 0 Å². The predicted molar refractivity (Wildman–Crippen MR) is 57.5 cm³/mol. The predicted octanol–water partition coefficient (Wildman–Crippen LogP) is 0.785. The molecule has 0 atom stereocenters. The number of aliphatic hydroxyl groups is 1. The molecule has 1 saturated carbocycles. The highest BCUT2D eigenvalue weighted by molar-refractivity contribution is 5.77. The van der Waals surface area contributed by atoms with Crippen LogP contribution in [0.4, 0.5) is 0 Å². The largest absolute Gasteiger partial charge is 0.395 e. The molecular weight excluding hydrogens is 194 g/mol. The SMILES string of the molecule is COC(C)(C)CC(=O)N(CCO)C1CC1. The number of methoxy groups -OCH3 is 1. The Kier molecular flexibility index (Phi) is 4.11. The van der Waals surface area contributed by atoms with Crippen LogP contribution in [-0.4, -0.2) is 47.8 Å². The fraction of sp³-hybridized carbons (Fsp3) is 0.909. The molecule has 0 bridgehead atoms. The monoisotopic (exact) mass is 215 g/mol. The Balaban J connectivity index is 2.48. The summed E-state index contributed by atoms with van der Waals surface area (Å²) in [6, 6.07) is 0.359. The van der Waals surface area contributed by atoms with E-state index in [2.05, 4.69) is 0 Å². The summed E-state index contributed by atoms with van der Waals surface area (Å²) in [5, 5.41) is 8.89. The van der Waals surface area contributed by atoms with Crippen LogP contribution in [0.15, 0.2) is 0 Å². The number of carbonyl (C=O) groups excluding carboxylic acids is 1. The van der Waals surface area contributed by atoms with Crippen molar-refractivity contribution in [2.24, 2.45) is 0 Å². The molecule has 1 N–H and O–H groups in total. The van der Waals surface area contributed by atoms with Crippen molar-refractivity contribution in [2.75, 3.05) is 20.3 Å². The number of hydrogen-bond donors (Lipinski definition) is 1. The van der Waals surface area contributed by atoms with Gasteiger partial charge in [-0.2, -0.15) is 0 Å². The normalized spacial score (nSPS) is 16.5. The average Bonchev–Trinajstić information content (AvgIpc) is 2.96. The Morgan fingerprint density at radius 1 is 1.53 bits per heavy atom. The lowest BCUT2D eigenvalue weighted by Gasteiger charge is -2.27. The van der Waals surface area contributed by atoms with Crippen LogP contribution in [0.25, 0.3) is 0 Å². The van der Waals surface area contributed by atoms with Gasteiger partial charge in [0.05, 0.1) is 18.6 Å². The molecule has 0 saturated heterocycles. The second kappa shape index (κ2) is 4.94. The maximum absolute atomic E-state index is 11.9. The summed E-state index contributed by atoms with van der Waals surface area (Å²) in [6.45, 7) is 4.28. The van der Waals surface area contributed by atoms with Gasteiger partial charge < -0.3 is 14.7 Å². The highest BCUT2D eigenvalue weighted by Gasteiger charge is 2.34. The van der Waals surface area contributed by atoms with Gasteiger partial charge in [-0.1, -0.05) is 0 Å².